The van der Waals surface area contributed by atoms with Gasteiger partial charge in [-0.25, -0.2) is 0 Å². The number of hydrogen-bond donors (Lipinski definition) is 0. The smallest absolute Gasteiger partial charge is 0.244 e. The number of hydrogen-bond acceptors (Lipinski definition) is 6. The molecule has 0 spiro atoms. The van der Waals surface area contributed by atoms with Gasteiger partial charge >= 0.3 is 0 Å². The van der Waals surface area contributed by atoms with E-state index in [2.05, 4.69) is 14.2 Å². The largest absolute Gasteiger partial charge is 0.344 e. The number of amides is 1. The van der Waals surface area contributed by atoms with Crippen LogP contribution in [-0.4, -0.2) is 58.9 Å². The fourth-order valence-corrected chi connectivity index (χ4v) is 4.88. The van der Waals surface area contributed by atoms with Crippen LogP contribution in [0.15, 0.2) is 60.7 Å². The Bertz CT molecular complexity index is 969. The van der Waals surface area contributed by atoms with Gasteiger partial charge < -0.3 is 9.80 Å². The number of nitrogens with zero attached hydrogens (tertiary/aromatic N) is 5. The summed E-state index contributed by atoms with van der Waals surface area (Å²) in [5, 5.41) is 0.965. The van der Waals surface area contributed by atoms with Gasteiger partial charge in [-0.1, -0.05) is 48.5 Å². The van der Waals surface area contributed by atoms with Crippen molar-refractivity contribution < 1.29 is 4.79 Å². The lowest BCUT2D eigenvalue weighted by molar-refractivity contribution is -0.121. The molecule has 7 heteroatoms. The van der Waals surface area contributed by atoms with Gasteiger partial charge in [0.25, 0.3) is 0 Å². The highest BCUT2D eigenvalue weighted by molar-refractivity contribution is 7.09. The molecule has 0 radical (unpaired) electrons. The van der Waals surface area contributed by atoms with Gasteiger partial charge in [-0.15, -0.1) is 0 Å². The van der Waals surface area contributed by atoms with Crippen LogP contribution in [0, 0.1) is 0 Å². The molecule has 29 heavy (non-hydrogen) atoms. The normalized spacial score (nSPS) is 20.4. The Kier molecular flexibility index (Phi) is 4.99. The summed E-state index contributed by atoms with van der Waals surface area (Å²) in [6, 6.07) is 20.1. The molecule has 3 heterocycles. The van der Waals surface area contributed by atoms with Crippen molar-refractivity contribution in [2.45, 2.75) is 12.5 Å². The van der Waals surface area contributed by atoms with Crippen molar-refractivity contribution >= 4 is 28.3 Å². The Morgan fingerprint density at radius 1 is 0.862 bits per heavy atom. The molecule has 1 amide bonds. The van der Waals surface area contributed by atoms with Crippen molar-refractivity contribution in [1.29, 1.82) is 0 Å². The molecule has 0 saturated carbocycles. The number of carbonyl (C=O) groups is 1. The molecule has 1 unspecified atom stereocenters. The molecule has 3 aromatic rings. The summed E-state index contributed by atoms with van der Waals surface area (Å²) in [7, 11) is 0. The van der Waals surface area contributed by atoms with Crippen LogP contribution in [0.4, 0.5) is 10.8 Å². The maximum Gasteiger partial charge on any atom is 0.244 e. The number of anilines is 2. The molecule has 2 aliphatic heterocycles. The summed E-state index contributed by atoms with van der Waals surface area (Å²) in [6.45, 7) is 4.29. The molecule has 148 valence electrons. The van der Waals surface area contributed by atoms with E-state index in [1.807, 2.05) is 65.6 Å². The Morgan fingerprint density at radius 3 is 2.28 bits per heavy atom. The molecule has 1 aromatic heterocycles. The van der Waals surface area contributed by atoms with E-state index in [0.717, 1.165) is 61.4 Å². The minimum Gasteiger partial charge on any atom is -0.344 e. The summed E-state index contributed by atoms with van der Waals surface area (Å²) in [4.78, 5) is 24.2. The lowest BCUT2D eigenvalue weighted by Gasteiger charge is -2.36. The van der Waals surface area contributed by atoms with Crippen LogP contribution < -0.4 is 9.80 Å². The van der Waals surface area contributed by atoms with Crippen LogP contribution in [-0.2, 0) is 4.79 Å². The summed E-state index contributed by atoms with van der Waals surface area (Å²) in [6.07, 6.45) is 0.894. The average Bonchev–Trinajstić information content (AvgIpc) is 3.42. The molecule has 0 bridgehead atoms. The maximum absolute atomic E-state index is 13.0. The molecule has 2 fully saturated rings. The first-order valence-corrected chi connectivity index (χ1v) is 10.8. The van der Waals surface area contributed by atoms with Crippen molar-refractivity contribution in [3.05, 3.63) is 60.7 Å². The number of aromatic nitrogens is 2. The van der Waals surface area contributed by atoms with Gasteiger partial charge in [-0.05, 0) is 18.6 Å². The van der Waals surface area contributed by atoms with E-state index >= 15 is 0 Å². The quantitative estimate of drug-likeness (QED) is 0.668. The SMILES string of the molecule is O=C1C(N2CCN(c3nc(-c4ccccc4)ns3)CC2)CCN1c1ccccc1. The third kappa shape index (κ3) is 3.63. The second-order valence-corrected chi connectivity index (χ2v) is 8.15. The van der Waals surface area contributed by atoms with Gasteiger partial charge in [0.15, 0.2) is 5.82 Å². The summed E-state index contributed by atoms with van der Waals surface area (Å²) in [5.74, 6) is 1.02. The zero-order valence-corrected chi connectivity index (χ0v) is 17.0. The molecule has 1 atom stereocenters. The third-order valence-electron chi connectivity index (χ3n) is 5.72. The van der Waals surface area contributed by atoms with Crippen LogP contribution in [0.3, 0.4) is 0 Å². The molecule has 0 aliphatic carbocycles. The van der Waals surface area contributed by atoms with Crippen molar-refractivity contribution in [1.82, 2.24) is 14.3 Å². The Morgan fingerprint density at radius 2 is 1.55 bits per heavy atom. The zero-order chi connectivity index (χ0) is 19.6. The highest BCUT2D eigenvalue weighted by Gasteiger charge is 2.38. The van der Waals surface area contributed by atoms with E-state index in [1.165, 1.54) is 11.5 Å². The van der Waals surface area contributed by atoms with E-state index < -0.39 is 0 Å². The van der Waals surface area contributed by atoms with Crippen LogP contribution >= 0.6 is 11.5 Å². The highest BCUT2D eigenvalue weighted by atomic mass is 32.1. The molecular weight excluding hydrogens is 382 g/mol. The Balaban J connectivity index is 1.21. The molecule has 6 nitrogen and oxygen atoms in total. The number of rotatable bonds is 4. The number of para-hydroxylation sites is 1. The lowest BCUT2D eigenvalue weighted by Crippen LogP contribution is -2.52. The predicted molar refractivity (Wildman–Crippen MR) is 116 cm³/mol. The van der Waals surface area contributed by atoms with Crippen LogP contribution in [0.25, 0.3) is 11.4 Å². The van der Waals surface area contributed by atoms with Crippen molar-refractivity contribution in [2.24, 2.45) is 0 Å². The van der Waals surface area contributed by atoms with Gasteiger partial charge in [0.2, 0.25) is 11.0 Å². The fraction of sp³-hybridized carbons (Fsp3) is 0.318. The van der Waals surface area contributed by atoms with Crippen molar-refractivity contribution in [3.8, 4) is 11.4 Å². The zero-order valence-electron chi connectivity index (χ0n) is 16.1. The first-order valence-electron chi connectivity index (χ1n) is 10.0. The Labute approximate surface area is 174 Å². The molecule has 2 aromatic carbocycles. The van der Waals surface area contributed by atoms with E-state index in [4.69, 9.17) is 4.98 Å². The topological polar surface area (TPSA) is 52.6 Å². The minimum absolute atomic E-state index is 0.00773. The average molecular weight is 406 g/mol. The standard InChI is InChI=1S/C22H23N5OS/c28-21-19(11-12-27(21)18-9-5-2-6-10-18)25-13-15-26(16-14-25)22-23-20(24-29-22)17-7-3-1-4-8-17/h1-10,19H,11-16H2. The van der Waals surface area contributed by atoms with E-state index in [-0.39, 0.29) is 11.9 Å². The predicted octanol–water partition coefficient (Wildman–Crippen LogP) is 3.13. The molecule has 2 aliphatic rings. The lowest BCUT2D eigenvalue weighted by atomic mass is 10.2. The minimum atomic E-state index is -0.00773. The third-order valence-corrected chi connectivity index (χ3v) is 6.49. The van der Waals surface area contributed by atoms with Gasteiger partial charge in [0.05, 0.1) is 6.04 Å². The van der Waals surface area contributed by atoms with Gasteiger partial charge in [0.1, 0.15) is 0 Å². The van der Waals surface area contributed by atoms with Gasteiger partial charge in [-0.3, -0.25) is 9.69 Å². The first kappa shape index (κ1) is 18.3. The first-order chi connectivity index (χ1) is 14.3. The fourth-order valence-electron chi connectivity index (χ4n) is 4.14. The number of benzene rings is 2. The van der Waals surface area contributed by atoms with Crippen LogP contribution in [0.5, 0.6) is 0 Å². The second kappa shape index (κ2) is 7.93. The van der Waals surface area contributed by atoms with Gasteiger partial charge in [0, 0.05) is 55.5 Å². The highest BCUT2D eigenvalue weighted by Crippen LogP contribution is 2.27. The van der Waals surface area contributed by atoms with E-state index in [9.17, 15) is 4.79 Å². The second-order valence-electron chi connectivity index (χ2n) is 7.42. The molecule has 2 saturated heterocycles. The van der Waals surface area contributed by atoms with Crippen LogP contribution in [0.1, 0.15) is 6.42 Å². The number of carbonyl (C=O) groups excluding carboxylic acids is 1. The van der Waals surface area contributed by atoms with Gasteiger partial charge in [-0.2, -0.15) is 9.36 Å². The molecule has 5 rings (SSSR count). The molecule has 0 N–H and O–H groups in total. The van der Waals surface area contributed by atoms with E-state index in [0.29, 0.717) is 0 Å². The van der Waals surface area contributed by atoms with Crippen molar-refractivity contribution in [3.63, 3.8) is 0 Å². The number of piperazine rings is 1. The summed E-state index contributed by atoms with van der Waals surface area (Å²) < 4.78 is 4.53. The van der Waals surface area contributed by atoms with Crippen LogP contribution in [0.2, 0.25) is 0 Å². The monoisotopic (exact) mass is 405 g/mol. The summed E-state index contributed by atoms with van der Waals surface area (Å²) in [5.41, 5.74) is 2.05. The molecular formula is C22H23N5OS. The summed E-state index contributed by atoms with van der Waals surface area (Å²) >= 11 is 1.45. The van der Waals surface area contributed by atoms with Crippen molar-refractivity contribution in [2.75, 3.05) is 42.5 Å². The Hall–Kier alpha value is -2.77. The van der Waals surface area contributed by atoms with E-state index in [1.54, 1.807) is 0 Å². The maximum atomic E-state index is 13.0.